The molecule has 0 spiro atoms. The SMILES string of the molecule is Cc1cc(OC(C)C)nc(NC(CN)CC(C)C)n1. The Bertz CT molecular complexity index is 393. The first-order valence-corrected chi connectivity index (χ1v) is 6.89. The monoisotopic (exact) mass is 266 g/mol. The second-order valence-electron chi connectivity index (χ2n) is 5.54. The van der Waals surface area contributed by atoms with Gasteiger partial charge in [-0.05, 0) is 33.1 Å². The predicted octanol–water partition coefficient (Wildman–Crippen LogP) is 2.36. The minimum absolute atomic E-state index is 0.100. The molecule has 5 nitrogen and oxygen atoms in total. The summed E-state index contributed by atoms with van der Waals surface area (Å²) in [5.74, 6) is 1.77. The minimum Gasteiger partial charge on any atom is -0.475 e. The Hall–Kier alpha value is -1.36. The van der Waals surface area contributed by atoms with Gasteiger partial charge in [-0.1, -0.05) is 13.8 Å². The number of nitrogens with two attached hydrogens (primary N) is 1. The van der Waals surface area contributed by atoms with Crippen LogP contribution in [-0.2, 0) is 0 Å². The molecule has 19 heavy (non-hydrogen) atoms. The highest BCUT2D eigenvalue weighted by Gasteiger charge is 2.12. The summed E-state index contributed by atoms with van der Waals surface area (Å²) in [6.45, 7) is 10.8. The quantitative estimate of drug-likeness (QED) is 0.792. The summed E-state index contributed by atoms with van der Waals surface area (Å²) in [5.41, 5.74) is 6.66. The molecule has 3 N–H and O–H groups in total. The average molecular weight is 266 g/mol. The van der Waals surface area contributed by atoms with E-state index < -0.39 is 0 Å². The van der Waals surface area contributed by atoms with Crippen LogP contribution in [0.2, 0.25) is 0 Å². The lowest BCUT2D eigenvalue weighted by molar-refractivity contribution is 0.232. The summed E-state index contributed by atoms with van der Waals surface area (Å²) in [6.07, 6.45) is 1.09. The van der Waals surface area contributed by atoms with Crippen molar-refractivity contribution in [3.05, 3.63) is 11.8 Å². The highest BCUT2D eigenvalue weighted by molar-refractivity contribution is 5.32. The van der Waals surface area contributed by atoms with E-state index in [2.05, 4.69) is 29.1 Å². The van der Waals surface area contributed by atoms with Crippen molar-refractivity contribution in [2.24, 2.45) is 11.7 Å². The fourth-order valence-corrected chi connectivity index (χ4v) is 1.87. The van der Waals surface area contributed by atoms with Gasteiger partial charge in [0.05, 0.1) is 6.10 Å². The highest BCUT2D eigenvalue weighted by atomic mass is 16.5. The molecule has 108 valence electrons. The molecule has 0 amide bonds. The summed E-state index contributed by atoms with van der Waals surface area (Å²) in [4.78, 5) is 8.75. The lowest BCUT2D eigenvalue weighted by atomic mass is 10.0. The molecule has 0 aromatic carbocycles. The number of nitrogens with one attached hydrogen (secondary N) is 1. The lowest BCUT2D eigenvalue weighted by Gasteiger charge is -2.19. The van der Waals surface area contributed by atoms with E-state index in [1.807, 2.05) is 26.8 Å². The number of hydrogen-bond acceptors (Lipinski definition) is 5. The van der Waals surface area contributed by atoms with E-state index in [1.54, 1.807) is 0 Å². The van der Waals surface area contributed by atoms with Gasteiger partial charge in [-0.15, -0.1) is 0 Å². The summed E-state index contributed by atoms with van der Waals surface area (Å²) in [5, 5.41) is 3.29. The molecule has 0 saturated heterocycles. The highest BCUT2D eigenvalue weighted by Crippen LogP contribution is 2.15. The van der Waals surface area contributed by atoms with Crippen LogP contribution >= 0.6 is 0 Å². The van der Waals surface area contributed by atoms with Gasteiger partial charge in [-0.25, -0.2) is 4.98 Å². The van der Waals surface area contributed by atoms with Crippen molar-refractivity contribution in [2.45, 2.75) is 53.2 Å². The van der Waals surface area contributed by atoms with Crippen LogP contribution < -0.4 is 15.8 Å². The first-order valence-electron chi connectivity index (χ1n) is 6.89. The van der Waals surface area contributed by atoms with Crippen molar-refractivity contribution in [3.8, 4) is 5.88 Å². The third-order valence-electron chi connectivity index (χ3n) is 2.56. The molecule has 0 aliphatic heterocycles. The van der Waals surface area contributed by atoms with Crippen LogP contribution in [0, 0.1) is 12.8 Å². The Morgan fingerprint density at radius 1 is 1.26 bits per heavy atom. The Labute approximate surface area is 116 Å². The molecule has 1 rings (SSSR count). The smallest absolute Gasteiger partial charge is 0.226 e. The molecule has 1 aromatic rings. The first kappa shape index (κ1) is 15.7. The largest absolute Gasteiger partial charge is 0.475 e. The molecule has 0 radical (unpaired) electrons. The zero-order valence-corrected chi connectivity index (χ0v) is 12.6. The Morgan fingerprint density at radius 3 is 2.47 bits per heavy atom. The number of hydrogen-bond donors (Lipinski definition) is 2. The molecule has 0 aliphatic carbocycles. The van der Waals surface area contributed by atoms with E-state index in [4.69, 9.17) is 10.5 Å². The molecule has 1 atom stereocenters. The van der Waals surface area contributed by atoms with Crippen LogP contribution in [0.1, 0.15) is 39.8 Å². The molecular weight excluding hydrogens is 240 g/mol. The number of nitrogens with zero attached hydrogens (tertiary/aromatic N) is 2. The molecule has 1 aromatic heterocycles. The van der Waals surface area contributed by atoms with Gasteiger partial charge in [-0.2, -0.15) is 4.98 Å². The summed E-state index contributed by atoms with van der Waals surface area (Å²) in [7, 11) is 0. The first-order chi connectivity index (χ1) is 8.90. The van der Waals surface area contributed by atoms with E-state index in [1.165, 1.54) is 0 Å². The number of aryl methyl sites for hydroxylation is 1. The fraction of sp³-hybridized carbons (Fsp3) is 0.714. The van der Waals surface area contributed by atoms with Crippen LogP contribution in [0.15, 0.2) is 6.07 Å². The zero-order valence-electron chi connectivity index (χ0n) is 12.6. The Morgan fingerprint density at radius 2 is 1.95 bits per heavy atom. The van der Waals surface area contributed by atoms with Crippen molar-refractivity contribution < 1.29 is 4.74 Å². The van der Waals surface area contributed by atoms with Crippen molar-refractivity contribution in [1.29, 1.82) is 0 Å². The number of rotatable bonds is 7. The zero-order chi connectivity index (χ0) is 14.4. The van der Waals surface area contributed by atoms with Crippen molar-refractivity contribution >= 4 is 5.95 Å². The van der Waals surface area contributed by atoms with Crippen molar-refractivity contribution in [1.82, 2.24) is 9.97 Å². The predicted molar refractivity (Wildman–Crippen MR) is 78.5 cm³/mol. The lowest BCUT2D eigenvalue weighted by Crippen LogP contribution is -2.31. The van der Waals surface area contributed by atoms with Gasteiger partial charge in [0.15, 0.2) is 0 Å². The number of ether oxygens (including phenoxy) is 1. The van der Waals surface area contributed by atoms with E-state index in [9.17, 15) is 0 Å². The number of aromatic nitrogens is 2. The molecular formula is C14H26N4O. The van der Waals surface area contributed by atoms with Gasteiger partial charge in [0, 0.05) is 24.3 Å². The van der Waals surface area contributed by atoms with E-state index in [0.29, 0.717) is 24.3 Å². The van der Waals surface area contributed by atoms with Crippen molar-refractivity contribution in [2.75, 3.05) is 11.9 Å². The van der Waals surface area contributed by atoms with Crippen LogP contribution in [0.3, 0.4) is 0 Å². The molecule has 0 fully saturated rings. The van der Waals surface area contributed by atoms with Crippen LogP contribution in [0.25, 0.3) is 0 Å². The van der Waals surface area contributed by atoms with Gasteiger partial charge in [0.1, 0.15) is 0 Å². The molecule has 0 aliphatic rings. The average Bonchev–Trinajstić information content (AvgIpc) is 2.25. The Kier molecular flexibility index (Phi) is 6.02. The topological polar surface area (TPSA) is 73.1 Å². The molecule has 0 bridgehead atoms. The van der Waals surface area contributed by atoms with Gasteiger partial charge < -0.3 is 15.8 Å². The second-order valence-corrected chi connectivity index (χ2v) is 5.54. The van der Waals surface area contributed by atoms with Gasteiger partial charge >= 0.3 is 0 Å². The normalized spacial score (nSPS) is 12.8. The summed E-state index contributed by atoms with van der Waals surface area (Å²) >= 11 is 0. The maximum absolute atomic E-state index is 5.78. The number of anilines is 1. The van der Waals surface area contributed by atoms with Gasteiger partial charge in [0.25, 0.3) is 0 Å². The Balaban J connectivity index is 2.78. The third-order valence-corrected chi connectivity index (χ3v) is 2.56. The second kappa shape index (κ2) is 7.28. The molecule has 5 heteroatoms. The molecule has 0 saturated carbocycles. The van der Waals surface area contributed by atoms with E-state index in [0.717, 1.165) is 12.1 Å². The van der Waals surface area contributed by atoms with Crippen LogP contribution in [-0.4, -0.2) is 28.7 Å². The van der Waals surface area contributed by atoms with Crippen LogP contribution in [0.4, 0.5) is 5.95 Å². The minimum atomic E-state index is 0.100. The maximum Gasteiger partial charge on any atom is 0.226 e. The van der Waals surface area contributed by atoms with E-state index in [-0.39, 0.29) is 12.1 Å². The molecule has 1 heterocycles. The maximum atomic E-state index is 5.78. The summed E-state index contributed by atoms with van der Waals surface area (Å²) in [6, 6.07) is 2.03. The van der Waals surface area contributed by atoms with Crippen molar-refractivity contribution in [3.63, 3.8) is 0 Å². The third kappa shape index (κ3) is 5.87. The molecule has 1 unspecified atom stereocenters. The standard InChI is InChI=1S/C14H26N4O/c1-9(2)6-12(8-15)17-14-16-11(5)7-13(18-14)19-10(3)4/h7,9-10,12H,6,8,15H2,1-5H3,(H,16,17,18). The van der Waals surface area contributed by atoms with E-state index >= 15 is 0 Å². The summed E-state index contributed by atoms with van der Waals surface area (Å²) < 4.78 is 5.61. The van der Waals surface area contributed by atoms with Crippen LogP contribution in [0.5, 0.6) is 5.88 Å². The fourth-order valence-electron chi connectivity index (χ4n) is 1.87. The van der Waals surface area contributed by atoms with Gasteiger partial charge in [-0.3, -0.25) is 0 Å². The van der Waals surface area contributed by atoms with Gasteiger partial charge in [0.2, 0.25) is 11.8 Å².